The number of hydrogen-bond acceptors (Lipinski definition) is 6. The number of amides is 1. The zero-order chi connectivity index (χ0) is 16.0. The third-order valence-corrected chi connectivity index (χ3v) is 3.32. The molecule has 1 aromatic rings. The van der Waals surface area contributed by atoms with Gasteiger partial charge in [-0.15, -0.1) is 0 Å². The highest BCUT2D eigenvalue weighted by atomic mass is 16.6. The van der Waals surface area contributed by atoms with E-state index in [0.717, 1.165) is 6.20 Å². The van der Waals surface area contributed by atoms with Crippen molar-refractivity contribution >= 4 is 17.4 Å². The molecule has 0 aliphatic carbocycles. The molecule has 0 saturated carbocycles. The maximum absolute atomic E-state index is 12.6. The monoisotopic (exact) mass is 296 g/mol. The van der Waals surface area contributed by atoms with E-state index in [2.05, 4.69) is 4.98 Å². The molecule has 0 atom stereocenters. The minimum atomic E-state index is -0.663. The van der Waals surface area contributed by atoms with Crippen LogP contribution in [0.2, 0.25) is 0 Å². The zero-order valence-corrected chi connectivity index (χ0v) is 12.2. The van der Waals surface area contributed by atoms with Gasteiger partial charge in [0, 0.05) is 12.6 Å². The minimum absolute atomic E-state index is 0.0393. The predicted octanol–water partition coefficient (Wildman–Crippen LogP) is 1.20. The van der Waals surface area contributed by atoms with Crippen LogP contribution in [-0.4, -0.2) is 45.0 Å². The Hall–Kier alpha value is -2.22. The summed E-state index contributed by atoms with van der Waals surface area (Å²) in [5, 5.41) is 20.2. The number of aromatic nitrogens is 1. The molecule has 8 nitrogen and oxygen atoms in total. The first-order chi connectivity index (χ1) is 9.96. The van der Waals surface area contributed by atoms with Crippen molar-refractivity contribution in [3.8, 4) is 0 Å². The Morgan fingerprint density at radius 3 is 2.62 bits per heavy atom. The van der Waals surface area contributed by atoms with Crippen LogP contribution in [0.25, 0.3) is 0 Å². The van der Waals surface area contributed by atoms with Crippen LogP contribution in [0.15, 0.2) is 12.3 Å². The maximum atomic E-state index is 12.6. The zero-order valence-electron chi connectivity index (χ0n) is 12.2. The normalized spacial score (nSPS) is 10.7. The second-order valence-electron chi connectivity index (χ2n) is 4.58. The van der Waals surface area contributed by atoms with E-state index in [1.165, 1.54) is 11.0 Å². The molecule has 1 aromatic heterocycles. The molecule has 0 aromatic carbocycles. The number of aliphatic hydroxyl groups is 1. The molecular weight excluding hydrogens is 276 g/mol. The molecule has 0 aliphatic heterocycles. The van der Waals surface area contributed by atoms with E-state index in [9.17, 15) is 14.9 Å². The van der Waals surface area contributed by atoms with Crippen LogP contribution in [-0.2, 0) is 0 Å². The molecule has 3 N–H and O–H groups in total. The van der Waals surface area contributed by atoms with Crippen molar-refractivity contribution in [2.75, 3.05) is 18.9 Å². The first-order valence-corrected chi connectivity index (χ1v) is 6.77. The van der Waals surface area contributed by atoms with Crippen molar-refractivity contribution < 1.29 is 14.8 Å². The maximum Gasteiger partial charge on any atom is 0.300 e. The fourth-order valence-corrected chi connectivity index (χ4v) is 2.22. The molecule has 0 spiro atoms. The van der Waals surface area contributed by atoms with Gasteiger partial charge in [0.05, 0.1) is 11.5 Å². The number of nitrogen functional groups attached to an aromatic ring is 1. The van der Waals surface area contributed by atoms with Crippen LogP contribution in [0.1, 0.15) is 37.0 Å². The molecule has 1 heterocycles. The number of hydrogen-bond donors (Lipinski definition) is 2. The van der Waals surface area contributed by atoms with Crippen LogP contribution in [0.4, 0.5) is 11.5 Å². The molecule has 21 heavy (non-hydrogen) atoms. The van der Waals surface area contributed by atoms with Gasteiger partial charge in [-0.2, -0.15) is 0 Å². The van der Waals surface area contributed by atoms with Gasteiger partial charge >= 0.3 is 0 Å². The lowest BCUT2D eigenvalue weighted by molar-refractivity contribution is -0.385. The molecule has 0 bridgehead atoms. The summed E-state index contributed by atoms with van der Waals surface area (Å²) in [6.45, 7) is 3.74. The largest absolute Gasteiger partial charge is 0.395 e. The number of nitro groups is 1. The van der Waals surface area contributed by atoms with Gasteiger partial charge in [-0.25, -0.2) is 4.98 Å². The summed E-state index contributed by atoms with van der Waals surface area (Å²) in [4.78, 5) is 28.1. The molecule has 8 heteroatoms. The van der Waals surface area contributed by atoms with Gasteiger partial charge in [-0.3, -0.25) is 14.9 Å². The Morgan fingerprint density at radius 1 is 1.52 bits per heavy atom. The summed E-state index contributed by atoms with van der Waals surface area (Å²) in [5.74, 6) is -0.476. The topological polar surface area (TPSA) is 123 Å². The Balaban J connectivity index is 3.25. The predicted molar refractivity (Wildman–Crippen MR) is 77.8 cm³/mol. The van der Waals surface area contributed by atoms with E-state index in [1.807, 2.05) is 13.8 Å². The number of pyridine rings is 1. The average molecular weight is 296 g/mol. The van der Waals surface area contributed by atoms with Gasteiger partial charge in [-0.1, -0.05) is 13.8 Å². The average Bonchev–Trinajstić information content (AvgIpc) is 2.46. The Labute approximate surface area is 122 Å². The summed E-state index contributed by atoms with van der Waals surface area (Å²) in [6.07, 6.45) is 2.36. The standard InChI is InChI=1S/C13H20N4O4/c1-3-9(4-2)16(5-6-18)13(19)10-7-12(14)15-8-11(10)17(20)21/h7-9,18H,3-6H2,1-2H3,(H2,14,15). The number of nitrogens with zero attached hydrogens (tertiary/aromatic N) is 3. The van der Waals surface area contributed by atoms with Gasteiger partial charge < -0.3 is 15.7 Å². The molecule has 0 saturated heterocycles. The first kappa shape index (κ1) is 16.8. The van der Waals surface area contributed by atoms with Crippen LogP contribution in [0.3, 0.4) is 0 Å². The number of carbonyl (C=O) groups is 1. The number of rotatable bonds is 7. The number of anilines is 1. The first-order valence-electron chi connectivity index (χ1n) is 6.77. The molecule has 0 fully saturated rings. The van der Waals surface area contributed by atoms with Crippen molar-refractivity contribution in [2.24, 2.45) is 0 Å². The highest BCUT2D eigenvalue weighted by Crippen LogP contribution is 2.23. The van der Waals surface area contributed by atoms with E-state index < -0.39 is 10.8 Å². The van der Waals surface area contributed by atoms with Crippen LogP contribution < -0.4 is 5.73 Å². The molecule has 0 radical (unpaired) electrons. The fraction of sp³-hybridized carbons (Fsp3) is 0.538. The van der Waals surface area contributed by atoms with Crippen molar-refractivity contribution in [2.45, 2.75) is 32.7 Å². The quantitative estimate of drug-likeness (QED) is 0.575. The van der Waals surface area contributed by atoms with E-state index in [0.29, 0.717) is 12.8 Å². The third-order valence-electron chi connectivity index (χ3n) is 3.32. The minimum Gasteiger partial charge on any atom is -0.395 e. The van der Waals surface area contributed by atoms with Crippen LogP contribution in [0.5, 0.6) is 0 Å². The van der Waals surface area contributed by atoms with Gasteiger partial charge in [0.1, 0.15) is 17.6 Å². The smallest absolute Gasteiger partial charge is 0.300 e. The highest BCUT2D eigenvalue weighted by Gasteiger charge is 2.28. The lowest BCUT2D eigenvalue weighted by atomic mass is 10.1. The molecular formula is C13H20N4O4. The lowest BCUT2D eigenvalue weighted by Gasteiger charge is -2.30. The molecule has 0 aliphatic rings. The number of aliphatic hydroxyl groups excluding tert-OH is 1. The van der Waals surface area contributed by atoms with Crippen LogP contribution >= 0.6 is 0 Å². The SMILES string of the molecule is CCC(CC)N(CCO)C(=O)c1cc(N)ncc1[N+](=O)[O-]. The van der Waals surface area contributed by atoms with Crippen LogP contribution in [0, 0.1) is 10.1 Å². The Morgan fingerprint density at radius 2 is 2.14 bits per heavy atom. The third kappa shape index (κ3) is 3.88. The van der Waals surface area contributed by atoms with E-state index >= 15 is 0 Å². The molecule has 1 rings (SSSR count). The molecule has 116 valence electrons. The Bertz CT molecular complexity index is 517. The summed E-state index contributed by atoms with van der Waals surface area (Å²) in [7, 11) is 0. The second kappa shape index (κ2) is 7.53. The second-order valence-corrected chi connectivity index (χ2v) is 4.58. The van der Waals surface area contributed by atoms with Crippen molar-refractivity contribution in [3.05, 3.63) is 27.9 Å². The fourth-order valence-electron chi connectivity index (χ4n) is 2.22. The van der Waals surface area contributed by atoms with E-state index in [4.69, 9.17) is 10.8 Å². The van der Waals surface area contributed by atoms with Crippen molar-refractivity contribution in [1.82, 2.24) is 9.88 Å². The summed E-state index contributed by atoms with van der Waals surface area (Å²) < 4.78 is 0. The summed E-state index contributed by atoms with van der Waals surface area (Å²) >= 11 is 0. The van der Waals surface area contributed by atoms with Crippen molar-refractivity contribution in [1.29, 1.82) is 0 Å². The van der Waals surface area contributed by atoms with Gasteiger partial charge in [0.15, 0.2) is 0 Å². The summed E-state index contributed by atoms with van der Waals surface area (Å²) in [5.41, 5.74) is 5.04. The Kier molecular flexibility index (Phi) is 6.04. The molecule has 1 amide bonds. The van der Waals surface area contributed by atoms with Gasteiger partial charge in [-0.05, 0) is 18.9 Å². The van der Waals surface area contributed by atoms with Crippen molar-refractivity contribution in [3.63, 3.8) is 0 Å². The number of nitrogens with two attached hydrogens (primary N) is 1. The van der Waals surface area contributed by atoms with E-state index in [1.54, 1.807) is 0 Å². The lowest BCUT2D eigenvalue weighted by Crippen LogP contribution is -2.41. The van der Waals surface area contributed by atoms with Gasteiger partial charge in [0.25, 0.3) is 11.6 Å². The summed E-state index contributed by atoms with van der Waals surface area (Å²) in [6, 6.07) is 1.10. The molecule has 0 unspecified atom stereocenters. The highest BCUT2D eigenvalue weighted by molar-refractivity contribution is 5.98. The number of carbonyl (C=O) groups excluding carboxylic acids is 1. The van der Waals surface area contributed by atoms with E-state index in [-0.39, 0.29) is 36.3 Å². The van der Waals surface area contributed by atoms with Gasteiger partial charge in [0.2, 0.25) is 0 Å².